The summed E-state index contributed by atoms with van der Waals surface area (Å²) < 4.78 is 35.9. The summed E-state index contributed by atoms with van der Waals surface area (Å²) in [6.07, 6.45) is -4.31. The van der Waals surface area contributed by atoms with Gasteiger partial charge in [0.25, 0.3) is 0 Å². The first kappa shape index (κ1) is 15.7. The molecule has 0 saturated heterocycles. The summed E-state index contributed by atoms with van der Waals surface area (Å²) in [5.74, 6) is 0.371. The molecule has 1 aromatic rings. The van der Waals surface area contributed by atoms with Crippen molar-refractivity contribution in [3.05, 3.63) is 16.1 Å². The third-order valence-corrected chi connectivity index (χ3v) is 3.09. The summed E-state index contributed by atoms with van der Waals surface area (Å²) in [5, 5.41) is 8.54. The highest BCUT2D eigenvalue weighted by molar-refractivity contribution is 7.09. The summed E-state index contributed by atoms with van der Waals surface area (Å²) in [5.41, 5.74) is 0.973. The van der Waals surface area contributed by atoms with Crippen LogP contribution >= 0.6 is 11.3 Å². The van der Waals surface area contributed by atoms with Crippen LogP contribution < -0.4 is 10.6 Å². The Hall–Kier alpha value is -1.31. The molecular weight excluding hydrogens is 277 g/mol. The Morgan fingerprint density at radius 1 is 1.37 bits per heavy atom. The number of rotatable bonds is 5. The molecular formula is C11H17F3N4S. The Morgan fingerprint density at radius 2 is 2.05 bits per heavy atom. The molecule has 0 aliphatic heterocycles. The average Bonchev–Trinajstić information content (AvgIpc) is 2.71. The van der Waals surface area contributed by atoms with Gasteiger partial charge in [0.1, 0.15) is 0 Å². The molecule has 108 valence electrons. The maximum atomic E-state index is 12.0. The number of aromatic nitrogens is 1. The van der Waals surface area contributed by atoms with Gasteiger partial charge >= 0.3 is 6.18 Å². The molecule has 1 rings (SSSR count). The first-order valence-electron chi connectivity index (χ1n) is 5.83. The van der Waals surface area contributed by atoms with Crippen molar-refractivity contribution in [2.45, 2.75) is 25.9 Å². The minimum absolute atomic E-state index is 0.182. The van der Waals surface area contributed by atoms with Gasteiger partial charge in [0.05, 0.1) is 17.1 Å². The number of guanidine groups is 1. The zero-order chi connectivity index (χ0) is 14.3. The molecule has 0 atom stereocenters. The number of nitrogens with zero attached hydrogens (tertiary/aromatic N) is 2. The molecule has 0 bridgehead atoms. The standard InChI is InChI=1S/C11H17F3N4S/c1-8-18-9(7-19-8)3-5-16-10(15-2)17-6-4-11(12,13)14/h7H,3-6H2,1-2H3,(H2,15,16,17). The molecule has 0 spiro atoms. The summed E-state index contributed by atoms with van der Waals surface area (Å²) in [7, 11) is 1.52. The van der Waals surface area contributed by atoms with E-state index in [-0.39, 0.29) is 6.54 Å². The maximum Gasteiger partial charge on any atom is 0.390 e. The van der Waals surface area contributed by atoms with Crippen molar-refractivity contribution in [1.29, 1.82) is 0 Å². The fourth-order valence-corrected chi connectivity index (χ4v) is 2.02. The molecule has 0 unspecified atom stereocenters. The van der Waals surface area contributed by atoms with Crippen molar-refractivity contribution in [1.82, 2.24) is 15.6 Å². The summed E-state index contributed by atoms with van der Waals surface area (Å²) in [4.78, 5) is 8.15. The topological polar surface area (TPSA) is 49.3 Å². The molecule has 0 saturated carbocycles. The van der Waals surface area contributed by atoms with Gasteiger partial charge in [0.2, 0.25) is 0 Å². The Labute approximate surface area is 114 Å². The number of hydrogen-bond acceptors (Lipinski definition) is 3. The van der Waals surface area contributed by atoms with Gasteiger partial charge in [-0.2, -0.15) is 13.2 Å². The highest BCUT2D eigenvalue weighted by Crippen LogP contribution is 2.17. The van der Waals surface area contributed by atoms with Gasteiger partial charge < -0.3 is 10.6 Å². The second kappa shape index (κ2) is 7.32. The summed E-state index contributed by atoms with van der Waals surface area (Å²) in [6.45, 7) is 2.33. The largest absolute Gasteiger partial charge is 0.390 e. The van der Waals surface area contributed by atoms with E-state index in [1.807, 2.05) is 12.3 Å². The van der Waals surface area contributed by atoms with Crippen LogP contribution in [0.2, 0.25) is 0 Å². The molecule has 4 nitrogen and oxygen atoms in total. The van der Waals surface area contributed by atoms with Gasteiger partial charge in [-0.1, -0.05) is 0 Å². The van der Waals surface area contributed by atoms with Crippen LogP contribution in [-0.4, -0.2) is 37.3 Å². The van der Waals surface area contributed by atoms with E-state index in [0.29, 0.717) is 18.9 Å². The van der Waals surface area contributed by atoms with Gasteiger partial charge in [0, 0.05) is 31.9 Å². The highest BCUT2D eigenvalue weighted by Gasteiger charge is 2.26. The second-order valence-corrected chi connectivity index (χ2v) is 4.96. The Bertz CT molecular complexity index is 414. The van der Waals surface area contributed by atoms with Gasteiger partial charge in [-0.25, -0.2) is 4.98 Å². The van der Waals surface area contributed by atoms with E-state index >= 15 is 0 Å². The van der Waals surface area contributed by atoms with E-state index < -0.39 is 12.6 Å². The monoisotopic (exact) mass is 294 g/mol. The van der Waals surface area contributed by atoms with Crippen LogP contribution in [0.15, 0.2) is 10.4 Å². The van der Waals surface area contributed by atoms with Crippen molar-refractivity contribution >= 4 is 17.3 Å². The molecule has 0 aromatic carbocycles. The van der Waals surface area contributed by atoms with E-state index in [4.69, 9.17) is 0 Å². The predicted molar refractivity (Wildman–Crippen MR) is 70.6 cm³/mol. The molecule has 1 heterocycles. The van der Waals surface area contributed by atoms with Gasteiger partial charge in [-0.3, -0.25) is 4.99 Å². The Kier molecular flexibility index (Phi) is 6.07. The zero-order valence-corrected chi connectivity index (χ0v) is 11.7. The Morgan fingerprint density at radius 3 is 2.58 bits per heavy atom. The number of thiazole rings is 1. The smallest absolute Gasteiger partial charge is 0.356 e. The lowest BCUT2D eigenvalue weighted by Gasteiger charge is -2.12. The fraction of sp³-hybridized carbons (Fsp3) is 0.636. The van der Waals surface area contributed by atoms with Crippen molar-refractivity contribution in [2.24, 2.45) is 4.99 Å². The van der Waals surface area contributed by atoms with Crippen LogP contribution in [0.5, 0.6) is 0 Å². The second-order valence-electron chi connectivity index (χ2n) is 3.90. The number of hydrogen-bond donors (Lipinski definition) is 2. The van der Waals surface area contributed by atoms with Crippen molar-refractivity contribution in [3.8, 4) is 0 Å². The van der Waals surface area contributed by atoms with Crippen LogP contribution in [0.3, 0.4) is 0 Å². The first-order chi connectivity index (χ1) is 8.90. The quantitative estimate of drug-likeness (QED) is 0.646. The van der Waals surface area contributed by atoms with Crippen molar-refractivity contribution in [2.75, 3.05) is 20.1 Å². The lowest BCUT2D eigenvalue weighted by molar-refractivity contribution is -0.132. The normalized spacial score (nSPS) is 12.6. The van der Waals surface area contributed by atoms with E-state index in [2.05, 4.69) is 20.6 Å². The van der Waals surface area contributed by atoms with E-state index in [1.165, 1.54) is 7.05 Å². The van der Waals surface area contributed by atoms with Gasteiger partial charge in [0.15, 0.2) is 5.96 Å². The van der Waals surface area contributed by atoms with Gasteiger partial charge in [-0.15, -0.1) is 11.3 Å². The minimum atomic E-state index is -4.15. The number of aliphatic imine (C=N–C) groups is 1. The van der Waals surface area contributed by atoms with Crippen molar-refractivity contribution < 1.29 is 13.2 Å². The van der Waals surface area contributed by atoms with Gasteiger partial charge in [-0.05, 0) is 6.92 Å². The first-order valence-corrected chi connectivity index (χ1v) is 6.71. The lowest BCUT2D eigenvalue weighted by Crippen LogP contribution is -2.39. The molecule has 8 heteroatoms. The van der Waals surface area contributed by atoms with Crippen LogP contribution in [0.4, 0.5) is 13.2 Å². The maximum absolute atomic E-state index is 12.0. The van der Waals surface area contributed by atoms with E-state index in [9.17, 15) is 13.2 Å². The minimum Gasteiger partial charge on any atom is -0.356 e. The predicted octanol–water partition coefficient (Wildman–Crippen LogP) is 2.11. The summed E-state index contributed by atoms with van der Waals surface area (Å²) >= 11 is 1.58. The molecule has 2 N–H and O–H groups in total. The summed E-state index contributed by atoms with van der Waals surface area (Å²) in [6, 6.07) is 0. The molecule has 0 amide bonds. The molecule has 0 radical (unpaired) electrons. The van der Waals surface area contributed by atoms with Crippen molar-refractivity contribution in [3.63, 3.8) is 0 Å². The zero-order valence-electron chi connectivity index (χ0n) is 10.8. The molecule has 19 heavy (non-hydrogen) atoms. The number of alkyl halides is 3. The van der Waals surface area contributed by atoms with Crippen LogP contribution in [0.1, 0.15) is 17.1 Å². The SMILES string of the molecule is CN=C(NCCc1csc(C)n1)NCCC(F)(F)F. The van der Waals surface area contributed by atoms with Crippen LogP contribution in [0, 0.1) is 6.92 Å². The molecule has 0 aliphatic rings. The van der Waals surface area contributed by atoms with Crippen LogP contribution in [0.25, 0.3) is 0 Å². The third kappa shape index (κ3) is 7.00. The average molecular weight is 294 g/mol. The molecule has 1 aromatic heterocycles. The fourth-order valence-electron chi connectivity index (χ4n) is 1.38. The number of halogens is 3. The lowest BCUT2D eigenvalue weighted by atomic mass is 10.3. The Balaban J connectivity index is 2.22. The highest BCUT2D eigenvalue weighted by atomic mass is 32.1. The van der Waals surface area contributed by atoms with E-state index in [0.717, 1.165) is 10.7 Å². The number of nitrogens with one attached hydrogen (secondary N) is 2. The van der Waals surface area contributed by atoms with Crippen LogP contribution in [-0.2, 0) is 6.42 Å². The third-order valence-electron chi connectivity index (χ3n) is 2.26. The molecule has 0 fully saturated rings. The van der Waals surface area contributed by atoms with E-state index in [1.54, 1.807) is 11.3 Å². The number of aryl methyl sites for hydroxylation is 1. The molecule has 0 aliphatic carbocycles.